The first kappa shape index (κ1) is 18.8. The van der Waals surface area contributed by atoms with Gasteiger partial charge in [0.1, 0.15) is 11.5 Å². The van der Waals surface area contributed by atoms with Crippen LogP contribution in [0.15, 0.2) is 48.5 Å². The van der Waals surface area contributed by atoms with Crippen molar-refractivity contribution >= 4 is 5.97 Å². The lowest BCUT2D eigenvalue weighted by Crippen LogP contribution is -2.31. The SMILES string of the molecule is CCCCc1ccc(OC(Cc2ccc(O)cc2)C(=O)OCC)cc1. The fourth-order valence-electron chi connectivity index (χ4n) is 2.53. The average Bonchev–Trinajstić information content (AvgIpc) is 2.62. The van der Waals surface area contributed by atoms with Crippen LogP contribution in [-0.2, 0) is 22.4 Å². The molecule has 2 aromatic rings. The Kier molecular flexibility index (Phi) is 7.33. The highest BCUT2D eigenvalue weighted by Gasteiger charge is 2.22. The zero-order valence-electron chi connectivity index (χ0n) is 14.9. The molecule has 0 amide bonds. The second-order valence-electron chi connectivity index (χ2n) is 5.98. The summed E-state index contributed by atoms with van der Waals surface area (Å²) in [7, 11) is 0. The molecule has 4 heteroatoms. The van der Waals surface area contributed by atoms with Crippen molar-refractivity contribution in [1.29, 1.82) is 0 Å². The third kappa shape index (κ3) is 6.14. The smallest absolute Gasteiger partial charge is 0.347 e. The van der Waals surface area contributed by atoms with Crippen LogP contribution in [0.3, 0.4) is 0 Å². The number of aryl methyl sites for hydroxylation is 1. The van der Waals surface area contributed by atoms with Crippen molar-refractivity contribution in [2.45, 2.75) is 45.6 Å². The normalized spacial score (nSPS) is 11.8. The number of carbonyl (C=O) groups excluding carboxylic acids is 1. The largest absolute Gasteiger partial charge is 0.508 e. The van der Waals surface area contributed by atoms with Crippen molar-refractivity contribution in [3.63, 3.8) is 0 Å². The van der Waals surface area contributed by atoms with Gasteiger partial charge in [-0.15, -0.1) is 0 Å². The highest BCUT2D eigenvalue weighted by Crippen LogP contribution is 2.19. The molecule has 0 bridgehead atoms. The molecule has 0 saturated heterocycles. The number of rotatable bonds is 9. The summed E-state index contributed by atoms with van der Waals surface area (Å²) < 4.78 is 11.0. The van der Waals surface area contributed by atoms with Crippen molar-refractivity contribution in [3.8, 4) is 11.5 Å². The van der Waals surface area contributed by atoms with Crippen LogP contribution in [0.25, 0.3) is 0 Å². The second-order valence-corrected chi connectivity index (χ2v) is 5.98. The van der Waals surface area contributed by atoms with E-state index in [4.69, 9.17) is 9.47 Å². The Hall–Kier alpha value is -2.49. The summed E-state index contributed by atoms with van der Waals surface area (Å²) in [5.41, 5.74) is 2.16. The Morgan fingerprint density at radius 1 is 1.00 bits per heavy atom. The number of unbranched alkanes of at least 4 members (excludes halogenated alkanes) is 1. The first-order chi connectivity index (χ1) is 12.1. The standard InChI is InChI=1S/C21H26O4/c1-3-5-6-16-9-13-19(14-10-16)25-20(21(23)24-4-2)15-17-7-11-18(22)12-8-17/h7-14,20,22H,3-6,15H2,1-2H3. The first-order valence-electron chi connectivity index (χ1n) is 8.82. The van der Waals surface area contributed by atoms with Crippen LogP contribution >= 0.6 is 0 Å². The van der Waals surface area contributed by atoms with E-state index in [-0.39, 0.29) is 11.7 Å². The summed E-state index contributed by atoms with van der Waals surface area (Å²) >= 11 is 0. The van der Waals surface area contributed by atoms with Gasteiger partial charge in [-0.1, -0.05) is 37.6 Å². The van der Waals surface area contributed by atoms with E-state index in [1.807, 2.05) is 24.3 Å². The quantitative estimate of drug-likeness (QED) is 0.691. The summed E-state index contributed by atoms with van der Waals surface area (Å²) in [5.74, 6) is 0.461. The molecule has 0 saturated carbocycles. The maximum absolute atomic E-state index is 12.2. The number of esters is 1. The highest BCUT2D eigenvalue weighted by molar-refractivity contribution is 5.75. The summed E-state index contributed by atoms with van der Waals surface area (Å²) in [6, 6.07) is 14.6. The maximum atomic E-state index is 12.2. The Morgan fingerprint density at radius 3 is 2.24 bits per heavy atom. The number of ether oxygens (including phenoxy) is 2. The van der Waals surface area contributed by atoms with Crippen molar-refractivity contribution in [1.82, 2.24) is 0 Å². The van der Waals surface area contributed by atoms with Gasteiger partial charge in [0.15, 0.2) is 6.10 Å². The van der Waals surface area contributed by atoms with Gasteiger partial charge in [0.25, 0.3) is 0 Å². The predicted octanol–water partition coefficient (Wildman–Crippen LogP) is 4.29. The molecule has 0 aromatic heterocycles. The van der Waals surface area contributed by atoms with E-state index < -0.39 is 6.10 Å². The number of phenols is 1. The molecule has 4 nitrogen and oxygen atoms in total. The van der Waals surface area contributed by atoms with Gasteiger partial charge in [-0.25, -0.2) is 4.79 Å². The van der Waals surface area contributed by atoms with E-state index >= 15 is 0 Å². The number of phenolic OH excluding ortho intramolecular Hbond substituents is 1. The maximum Gasteiger partial charge on any atom is 0.347 e. The summed E-state index contributed by atoms with van der Waals surface area (Å²) in [6.45, 7) is 4.26. The number of hydrogen-bond acceptors (Lipinski definition) is 4. The van der Waals surface area contributed by atoms with E-state index in [1.54, 1.807) is 31.2 Å². The zero-order chi connectivity index (χ0) is 18.1. The lowest BCUT2D eigenvalue weighted by molar-refractivity contribution is -0.151. The van der Waals surface area contributed by atoms with Gasteiger partial charge in [-0.3, -0.25) is 0 Å². The van der Waals surface area contributed by atoms with Gasteiger partial charge in [-0.2, -0.15) is 0 Å². The van der Waals surface area contributed by atoms with Crippen molar-refractivity contribution in [3.05, 3.63) is 59.7 Å². The van der Waals surface area contributed by atoms with Crippen molar-refractivity contribution < 1.29 is 19.4 Å². The van der Waals surface area contributed by atoms with Crippen LogP contribution < -0.4 is 4.74 Å². The number of hydrogen-bond donors (Lipinski definition) is 1. The molecule has 1 atom stereocenters. The molecule has 134 valence electrons. The summed E-state index contributed by atoms with van der Waals surface area (Å²) in [6.07, 6.45) is 3.04. The van der Waals surface area contributed by atoms with Crippen LogP contribution in [0.4, 0.5) is 0 Å². The monoisotopic (exact) mass is 342 g/mol. The lowest BCUT2D eigenvalue weighted by atomic mass is 10.1. The van der Waals surface area contributed by atoms with E-state index in [0.717, 1.165) is 24.8 Å². The molecule has 2 rings (SSSR count). The van der Waals surface area contributed by atoms with E-state index in [1.165, 1.54) is 5.56 Å². The molecular weight excluding hydrogens is 316 g/mol. The average molecular weight is 342 g/mol. The van der Waals surface area contributed by atoms with Gasteiger partial charge in [0.05, 0.1) is 6.61 Å². The molecule has 25 heavy (non-hydrogen) atoms. The topological polar surface area (TPSA) is 55.8 Å². The Labute approximate surface area is 149 Å². The van der Waals surface area contributed by atoms with Gasteiger partial charge in [0, 0.05) is 6.42 Å². The number of carbonyl (C=O) groups is 1. The third-order valence-electron chi connectivity index (χ3n) is 3.93. The van der Waals surface area contributed by atoms with Gasteiger partial charge >= 0.3 is 5.97 Å². The summed E-state index contributed by atoms with van der Waals surface area (Å²) in [4.78, 5) is 12.2. The zero-order valence-corrected chi connectivity index (χ0v) is 14.9. The van der Waals surface area contributed by atoms with Crippen LogP contribution in [-0.4, -0.2) is 23.8 Å². The fourth-order valence-corrected chi connectivity index (χ4v) is 2.53. The minimum Gasteiger partial charge on any atom is -0.508 e. The van der Waals surface area contributed by atoms with Crippen molar-refractivity contribution in [2.24, 2.45) is 0 Å². The highest BCUT2D eigenvalue weighted by atomic mass is 16.6. The first-order valence-corrected chi connectivity index (χ1v) is 8.82. The van der Waals surface area contributed by atoms with Gasteiger partial charge in [-0.05, 0) is 55.2 Å². The molecule has 0 spiro atoms. The molecule has 1 unspecified atom stereocenters. The van der Waals surface area contributed by atoms with Crippen LogP contribution in [0.5, 0.6) is 11.5 Å². The third-order valence-corrected chi connectivity index (χ3v) is 3.93. The van der Waals surface area contributed by atoms with Gasteiger partial charge < -0.3 is 14.6 Å². The minimum absolute atomic E-state index is 0.194. The molecule has 0 heterocycles. The molecule has 0 fully saturated rings. The minimum atomic E-state index is -0.717. The molecule has 2 aromatic carbocycles. The molecule has 1 N–H and O–H groups in total. The molecule has 0 radical (unpaired) electrons. The van der Waals surface area contributed by atoms with E-state index in [2.05, 4.69) is 6.92 Å². The number of benzene rings is 2. The van der Waals surface area contributed by atoms with Crippen LogP contribution in [0, 0.1) is 0 Å². The van der Waals surface area contributed by atoms with E-state index in [9.17, 15) is 9.90 Å². The molecule has 0 aliphatic heterocycles. The summed E-state index contributed by atoms with van der Waals surface area (Å²) in [5, 5.41) is 9.38. The Balaban J connectivity index is 2.07. The van der Waals surface area contributed by atoms with E-state index in [0.29, 0.717) is 18.8 Å². The van der Waals surface area contributed by atoms with Crippen LogP contribution in [0.1, 0.15) is 37.8 Å². The predicted molar refractivity (Wildman–Crippen MR) is 97.9 cm³/mol. The molecule has 0 aliphatic rings. The molecular formula is C21H26O4. The fraction of sp³-hybridized carbons (Fsp3) is 0.381. The lowest BCUT2D eigenvalue weighted by Gasteiger charge is -2.18. The Morgan fingerprint density at radius 2 is 1.64 bits per heavy atom. The van der Waals surface area contributed by atoms with Gasteiger partial charge in [0.2, 0.25) is 0 Å². The second kappa shape index (κ2) is 9.72. The molecule has 0 aliphatic carbocycles. The number of aromatic hydroxyl groups is 1. The van der Waals surface area contributed by atoms with Crippen LogP contribution in [0.2, 0.25) is 0 Å². The van der Waals surface area contributed by atoms with Crippen molar-refractivity contribution in [2.75, 3.05) is 6.61 Å². The Bertz CT molecular complexity index is 647.